The molecule has 0 spiro atoms. The maximum absolute atomic E-state index is 10.8. The SMILES string of the molecule is OC[C@H]1O[C@@H](O[C@@H]2[C@@H]3OC[C@H]2OC(O)[C@@H]3O)[C@H](O)[C@@H](O[C@H]2O[C@@H]3CO[C@@H]([C@H]3O)[C@H]2O)[C@H]1O. The van der Waals surface area contributed by atoms with E-state index in [0.29, 0.717) is 0 Å². The van der Waals surface area contributed by atoms with Crippen LogP contribution in [0.2, 0.25) is 0 Å². The Labute approximate surface area is 181 Å². The third-order valence-electron chi connectivity index (χ3n) is 6.59. The van der Waals surface area contributed by atoms with Gasteiger partial charge in [-0.1, -0.05) is 0 Å². The molecule has 7 N–H and O–H groups in total. The van der Waals surface area contributed by atoms with E-state index in [9.17, 15) is 35.7 Å². The van der Waals surface area contributed by atoms with Crippen LogP contribution in [-0.4, -0.2) is 148 Å². The molecule has 5 aliphatic heterocycles. The summed E-state index contributed by atoms with van der Waals surface area (Å²) in [4.78, 5) is 0. The first-order valence-corrected chi connectivity index (χ1v) is 10.5. The molecule has 1 unspecified atom stereocenters. The van der Waals surface area contributed by atoms with E-state index in [1.165, 1.54) is 0 Å². The first-order valence-electron chi connectivity index (χ1n) is 10.5. The van der Waals surface area contributed by atoms with Crippen LogP contribution in [-0.2, 0) is 33.2 Å². The van der Waals surface area contributed by atoms with Crippen molar-refractivity contribution < 1.29 is 68.9 Å². The minimum absolute atomic E-state index is 0.0332. The fraction of sp³-hybridized carbons (Fsp3) is 1.00. The average Bonchev–Trinajstić information content (AvgIpc) is 3.23. The normalized spacial score (nSPS) is 57.7. The van der Waals surface area contributed by atoms with Crippen molar-refractivity contribution in [1.29, 1.82) is 0 Å². The van der Waals surface area contributed by atoms with E-state index in [1.807, 2.05) is 0 Å². The van der Waals surface area contributed by atoms with Gasteiger partial charge in [-0.2, -0.15) is 0 Å². The lowest BCUT2D eigenvalue weighted by Crippen LogP contribution is -2.65. The topological polar surface area (TPSA) is 206 Å². The van der Waals surface area contributed by atoms with Gasteiger partial charge in [0.25, 0.3) is 0 Å². The predicted octanol–water partition coefficient (Wildman–Crippen LogP) is -5.48. The third kappa shape index (κ3) is 3.77. The van der Waals surface area contributed by atoms with E-state index in [-0.39, 0.29) is 13.2 Å². The maximum atomic E-state index is 10.8. The first-order chi connectivity index (χ1) is 15.3. The molecule has 5 heterocycles. The largest absolute Gasteiger partial charge is 0.394 e. The van der Waals surface area contributed by atoms with Gasteiger partial charge in [0, 0.05) is 0 Å². The van der Waals surface area contributed by atoms with E-state index >= 15 is 0 Å². The Morgan fingerprint density at radius 3 is 2.03 bits per heavy atom. The second-order valence-electron chi connectivity index (χ2n) is 8.58. The highest BCUT2D eigenvalue weighted by atomic mass is 16.8. The van der Waals surface area contributed by atoms with Crippen LogP contribution in [0.1, 0.15) is 0 Å². The van der Waals surface area contributed by atoms with Crippen molar-refractivity contribution in [3.63, 3.8) is 0 Å². The Morgan fingerprint density at radius 2 is 1.28 bits per heavy atom. The fourth-order valence-electron chi connectivity index (χ4n) is 4.80. The van der Waals surface area contributed by atoms with Crippen LogP contribution in [0, 0.1) is 0 Å². The standard InChI is InChI=1S/C18H28O14/c19-1-4-7(20)14(32-17-10(23)13-8(21)5(30-17)2-26-13)11(24)18(29-4)31-12-6-3-27-15(12)9(22)16(25)28-6/h4-25H,1-3H2/t4-,5-,6-,7+,8+,9-,10-,11-,12+,13+,14+,15-,16?,17-,18+/m1/s1. The molecule has 5 aliphatic rings. The Morgan fingerprint density at radius 1 is 0.625 bits per heavy atom. The van der Waals surface area contributed by atoms with Gasteiger partial charge < -0.3 is 68.9 Å². The maximum Gasteiger partial charge on any atom is 0.187 e. The molecule has 0 amide bonds. The van der Waals surface area contributed by atoms with Gasteiger partial charge in [-0.05, 0) is 0 Å². The van der Waals surface area contributed by atoms with Gasteiger partial charge in [0.15, 0.2) is 18.9 Å². The number of aliphatic hydroxyl groups is 7. The van der Waals surface area contributed by atoms with Crippen molar-refractivity contribution in [3.05, 3.63) is 0 Å². The van der Waals surface area contributed by atoms with Crippen LogP contribution < -0.4 is 0 Å². The Hall–Kier alpha value is -0.560. The molecule has 0 radical (unpaired) electrons. The van der Waals surface area contributed by atoms with Crippen LogP contribution in [0.5, 0.6) is 0 Å². The molecule has 4 bridgehead atoms. The average molecular weight is 468 g/mol. The van der Waals surface area contributed by atoms with Crippen molar-refractivity contribution in [2.75, 3.05) is 19.8 Å². The number of hydrogen-bond donors (Lipinski definition) is 7. The van der Waals surface area contributed by atoms with Crippen molar-refractivity contribution in [1.82, 2.24) is 0 Å². The van der Waals surface area contributed by atoms with Gasteiger partial charge in [0.05, 0.1) is 19.8 Å². The summed E-state index contributed by atoms with van der Waals surface area (Å²) in [7, 11) is 0. The number of fused-ring (bicyclic) bond motifs is 4. The minimum atomic E-state index is -1.61. The minimum Gasteiger partial charge on any atom is -0.394 e. The van der Waals surface area contributed by atoms with Crippen LogP contribution in [0.4, 0.5) is 0 Å². The molecule has 5 rings (SSSR count). The number of ether oxygens (including phenoxy) is 7. The van der Waals surface area contributed by atoms with Crippen molar-refractivity contribution in [2.45, 2.75) is 92.1 Å². The van der Waals surface area contributed by atoms with Gasteiger partial charge in [-0.3, -0.25) is 0 Å². The van der Waals surface area contributed by atoms with Crippen LogP contribution in [0.3, 0.4) is 0 Å². The molecule has 0 saturated carbocycles. The molecule has 0 aromatic carbocycles. The van der Waals surface area contributed by atoms with Crippen molar-refractivity contribution in [3.8, 4) is 0 Å². The van der Waals surface area contributed by atoms with Gasteiger partial charge in [-0.25, -0.2) is 0 Å². The predicted molar refractivity (Wildman–Crippen MR) is 94.5 cm³/mol. The Bertz CT molecular complexity index is 668. The lowest BCUT2D eigenvalue weighted by Gasteiger charge is -2.46. The molecule has 14 nitrogen and oxygen atoms in total. The summed E-state index contributed by atoms with van der Waals surface area (Å²) in [6.45, 7) is -0.558. The van der Waals surface area contributed by atoms with Crippen LogP contribution >= 0.6 is 0 Å². The molecule has 15 atom stereocenters. The van der Waals surface area contributed by atoms with E-state index in [1.54, 1.807) is 0 Å². The monoisotopic (exact) mass is 468 g/mol. The van der Waals surface area contributed by atoms with Crippen LogP contribution in [0.15, 0.2) is 0 Å². The molecule has 14 heteroatoms. The quantitative estimate of drug-likeness (QED) is 0.201. The smallest absolute Gasteiger partial charge is 0.187 e. The number of aliphatic hydroxyl groups excluding tert-OH is 7. The lowest BCUT2D eigenvalue weighted by atomic mass is 9.97. The highest BCUT2D eigenvalue weighted by molar-refractivity contribution is 4.99. The molecule has 0 aromatic heterocycles. The summed E-state index contributed by atoms with van der Waals surface area (Å²) < 4.78 is 38.4. The zero-order valence-electron chi connectivity index (χ0n) is 16.8. The van der Waals surface area contributed by atoms with E-state index < -0.39 is 98.7 Å². The van der Waals surface area contributed by atoms with E-state index in [4.69, 9.17) is 33.2 Å². The van der Waals surface area contributed by atoms with Crippen molar-refractivity contribution in [2.24, 2.45) is 0 Å². The second kappa shape index (κ2) is 8.90. The third-order valence-corrected chi connectivity index (χ3v) is 6.59. The Kier molecular flexibility index (Phi) is 6.45. The first kappa shape index (κ1) is 23.2. The second-order valence-corrected chi connectivity index (χ2v) is 8.58. The highest BCUT2D eigenvalue weighted by Gasteiger charge is 2.56. The van der Waals surface area contributed by atoms with Crippen molar-refractivity contribution >= 4 is 0 Å². The molecule has 184 valence electrons. The van der Waals surface area contributed by atoms with E-state index in [2.05, 4.69) is 0 Å². The molecule has 32 heavy (non-hydrogen) atoms. The summed E-state index contributed by atoms with van der Waals surface area (Å²) in [6, 6.07) is 0. The van der Waals surface area contributed by atoms with Gasteiger partial charge in [0.1, 0.15) is 73.2 Å². The Balaban J connectivity index is 1.30. The molecule has 5 fully saturated rings. The zero-order chi connectivity index (χ0) is 22.7. The number of hydrogen-bond acceptors (Lipinski definition) is 14. The number of rotatable bonds is 5. The summed E-state index contributed by atoms with van der Waals surface area (Å²) in [5.41, 5.74) is 0. The molecule has 5 saturated heterocycles. The molecular formula is C18H28O14. The molecule has 0 aromatic rings. The summed E-state index contributed by atoms with van der Waals surface area (Å²) in [5.74, 6) is 0. The zero-order valence-corrected chi connectivity index (χ0v) is 16.8. The summed E-state index contributed by atoms with van der Waals surface area (Å²) in [5, 5.41) is 71.3. The lowest BCUT2D eigenvalue weighted by molar-refractivity contribution is -0.363. The summed E-state index contributed by atoms with van der Waals surface area (Å²) in [6.07, 6.45) is -18.1. The molecule has 0 aliphatic carbocycles. The van der Waals surface area contributed by atoms with Crippen LogP contribution in [0.25, 0.3) is 0 Å². The fourth-order valence-corrected chi connectivity index (χ4v) is 4.80. The van der Waals surface area contributed by atoms with Gasteiger partial charge >= 0.3 is 0 Å². The van der Waals surface area contributed by atoms with Gasteiger partial charge in [0.2, 0.25) is 0 Å². The van der Waals surface area contributed by atoms with E-state index in [0.717, 1.165) is 0 Å². The summed E-state index contributed by atoms with van der Waals surface area (Å²) >= 11 is 0. The van der Waals surface area contributed by atoms with Gasteiger partial charge in [-0.15, -0.1) is 0 Å². The highest BCUT2D eigenvalue weighted by Crippen LogP contribution is 2.36. The molecular weight excluding hydrogens is 440 g/mol.